The minimum Gasteiger partial charge on any atom is -0.340 e. The van der Waals surface area contributed by atoms with Crippen molar-refractivity contribution in [3.8, 4) is 0 Å². The molecule has 1 aliphatic heterocycles. The van der Waals surface area contributed by atoms with E-state index in [0.29, 0.717) is 32.6 Å². The number of benzene rings is 1. The molecule has 25 heavy (non-hydrogen) atoms. The Morgan fingerprint density at radius 2 is 1.64 bits per heavy atom. The van der Waals surface area contributed by atoms with Gasteiger partial charge in [0.2, 0.25) is 15.9 Å². The lowest BCUT2D eigenvalue weighted by molar-refractivity contribution is -0.132. The van der Waals surface area contributed by atoms with Crippen molar-refractivity contribution in [3.63, 3.8) is 0 Å². The number of nitrogens with zero attached hydrogens (tertiary/aromatic N) is 3. The van der Waals surface area contributed by atoms with Crippen LogP contribution >= 0.6 is 0 Å². The third-order valence-corrected chi connectivity index (χ3v) is 6.56. The van der Waals surface area contributed by atoms with Crippen molar-refractivity contribution in [2.45, 2.75) is 26.0 Å². The van der Waals surface area contributed by atoms with E-state index in [2.05, 4.69) is 18.7 Å². The topological polar surface area (TPSA) is 60.9 Å². The molecule has 1 aromatic carbocycles. The van der Waals surface area contributed by atoms with Crippen molar-refractivity contribution in [1.29, 1.82) is 0 Å². The van der Waals surface area contributed by atoms with Crippen LogP contribution in [0.1, 0.15) is 25.8 Å². The lowest BCUT2D eigenvalue weighted by atomic mass is 10.2. The summed E-state index contributed by atoms with van der Waals surface area (Å²) in [6.07, 6.45) is 0.498. The predicted molar refractivity (Wildman–Crippen MR) is 99.6 cm³/mol. The van der Waals surface area contributed by atoms with E-state index >= 15 is 0 Å². The van der Waals surface area contributed by atoms with Gasteiger partial charge in [0.05, 0.1) is 5.75 Å². The van der Waals surface area contributed by atoms with Crippen LogP contribution in [0.15, 0.2) is 30.3 Å². The summed E-state index contributed by atoms with van der Waals surface area (Å²) < 4.78 is 26.6. The minimum atomic E-state index is -3.33. The van der Waals surface area contributed by atoms with E-state index < -0.39 is 10.0 Å². The van der Waals surface area contributed by atoms with Gasteiger partial charge in [-0.3, -0.25) is 4.79 Å². The van der Waals surface area contributed by atoms with Gasteiger partial charge in [-0.2, -0.15) is 4.31 Å². The third-order valence-electron chi connectivity index (χ3n) is 4.71. The summed E-state index contributed by atoms with van der Waals surface area (Å²) in [5.41, 5.74) is 0.792. The molecule has 0 unspecified atom stereocenters. The summed E-state index contributed by atoms with van der Waals surface area (Å²) in [4.78, 5) is 16.3. The van der Waals surface area contributed by atoms with Crippen molar-refractivity contribution in [1.82, 2.24) is 14.1 Å². The summed E-state index contributed by atoms with van der Waals surface area (Å²) in [7, 11) is -3.33. The number of carbonyl (C=O) groups is 1. The molecule has 1 heterocycles. The van der Waals surface area contributed by atoms with Gasteiger partial charge in [-0.25, -0.2) is 8.42 Å². The van der Waals surface area contributed by atoms with E-state index in [-0.39, 0.29) is 11.7 Å². The zero-order valence-electron chi connectivity index (χ0n) is 15.2. The Morgan fingerprint density at radius 3 is 2.20 bits per heavy atom. The molecule has 1 amide bonds. The molecular formula is C18H29N3O3S. The normalized spacial score (nSPS) is 16.4. The quantitative estimate of drug-likeness (QED) is 0.697. The number of sulfonamides is 1. The molecule has 0 spiro atoms. The van der Waals surface area contributed by atoms with E-state index in [1.54, 1.807) is 4.90 Å². The second kappa shape index (κ2) is 9.31. The maximum Gasteiger partial charge on any atom is 0.223 e. The van der Waals surface area contributed by atoms with Crippen molar-refractivity contribution in [3.05, 3.63) is 35.9 Å². The average Bonchev–Trinajstić information content (AvgIpc) is 2.63. The highest BCUT2D eigenvalue weighted by Crippen LogP contribution is 2.14. The van der Waals surface area contributed by atoms with Crippen LogP contribution in [-0.4, -0.2) is 74.2 Å². The number of amides is 1. The van der Waals surface area contributed by atoms with E-state index in [1.807, 2.05) is 30.3 Å². The first kappa shape index (κ1) is 19.9. The molecule has 7 heteroatoms. The first-order chi connectivity index (χ1) is 12.0. The van der Waals surface area contributed by atoms with Crippen LogP contribution in [-0.2, 0) is 20.6 Å². The average molecular weight is 368 g/mol. The Labute approximate surface area is 151 Å². The van der Waals surface area contributed by atoms with Crippen LogP contribution < -0.4 is 0 Å². The zero-order chi connectivity index (χ0) is 18.3. The van der Waals surface area contributed by atoms with E-state index in [1.165, 1.54) is 4.31 Å². The molecule has 0 bridgehead atoms. The van der Waals surface area contributed by atoms with Crippen molar-refractivity contribution < 1.29 is 13.2 Å². The van der Waals surface area contributed by atoms with E-state index in [9.17, 15) is 13.2 Å². The number of hydrogen-bond donors (Lipinski definition) is 0. The molecule has 6 nitrogen and oxygen atoms in total. The number of piperazine rings is 1. The molecule has 1 saturated heterocycles. The van der Waals surface area contributed by atoms with Crippen molar-refractivity contribution >= 4 is 15.9 Å². The van der Waals surface area contributed by atoms with Crippen LogP contribution in [0.25, 0.3) is 0 Å². The highest BCUT2D eigenvalue weighted by molar-refractivity contribution is 7.88. The minimum absolute atomic E-state index is 0.0176. The molecule has 0 aromatic heterocycles. The lowest BCUT2D eigenvalue weighted by Crippen LogP contribution is -2.51. The van der Waals surface area contributed by atoms with Gasteiger partial charge < -0.3 is 9.80 Å². The third kappa shape index (κ3) is 5.80. The summed E-state index contributed by atoms with van der Waals surface area (Å²) in [6, 6.07) is 9.21. The predicted octanol–water partition coefficient (Wildman–Crippen LogP) is 1.39. The molecule has 0 aliphatic carbocycles. The van der Waals surface area contributed by atoms with Crippen LogP contribution in [0, 0.1) is 0 Å². The van der Waals surface area contributed by atoms with Gasteiger partial charge >= 0.3 is 0 Å². The van der Waals surface area contributed by atoms with Crippen molar-refractivity contribution in [2.75, 3.05) is 45.8 Å². The fourth-order valence-electron chi connectivity index (χ4n) is 3.04. The van der Waals surface area contributed by atoms with Gasteiger partial charge in [-0.05, 0) is 18.7 Å². The van der Waals surface area contributed by atoms with Gasteiger partial charge in [0.15, 0.2) is 0 Å². The van der Waals surface area contributed by atoms with Crippen LogP contribution in [0.2, 0.25) is 0 Å². The monoisotopic (exact) mass is 367 g/mol. The molecule has 0 N–H and O–H groups in total. The highest BCUT2D eigenvalue weighted by atomic mass is 32.2. The fraction of sp³-hybridized carbons (Fsp3) is 0.611. The molecule has 0 radical (unpaired) electrons. The molecule has 1 aliphatic rings. The first-order valence-electron chi connectivity index (χ1n) is 8.98. The number of carbonyl (C=O) groups excluding carboxylic acids is 1. The number of hydrogen-bond acceptors (Lipinski definition) is 4. The Morgan fingerprint density at radius 1 is 1.04 bits per heavy atom. The standard InChI is InChI=1S/C18H29N3O3S/c1-3-19(4-2)11-10-18(22)20-12-14-21(15-13-20)25(23,24)16-17-8-6-5-7-9-17/h5-9H,3-4,10-16H2,1-2H3. The smallest absolute Gasteiger partial charge is 0.223 e. The highest BCUT2D eigenvalue weighted by Gasteiger charge is 2.28. The molecule has 140 valence electrons. The number of rotatable bonds is 8. The SMILES string of the molecule is CCN(CC)CCC(=O)N1CCN(S(=O)(=O)Cc2ccccc2)CC1. The fourth-order valence-corrected chi connectivity index (χ4v) is 4.56. The second-order valence-corrected chi connectivity index (χ2v) is 8.27. The second-order valence-electron chi connectivity index (χ2n) is 6.30. The Kier molecular flexibility index (Phi) is 7.40. The van der Waals surface area contributed by atoms with Crippen LogP contribution in [0.4, 0.5) is 0 Å². The summed E-state index contributed by atoms with van der Waals surface area (Å²) in [5, 5.41) is 0. The molecule has 1 aromatic rings. The van der Waals surface area contributed by atoms with Gasteiger partial charge in [0.1, 0.15) is 0 Å². The maximum atomic E-state index is 12.5. The van der Waals surface area contributed by atoms with Gasteiger partial charge in [-0.1, -0.05) is 44.2 Å². The lowest BCUT2D eigenvalue weighted by Gasteiger charge is -2.34. The Hall–Kier alpha value is -1.44. The maximum absolute atomic E-state index is 12.5. The van der Waals surface area contributed by atoms with Crippen molar-refractivity contribution in [2.24, 2.45) is 0 Å². The molecule has 2 rings (SSSR count). The van der Waals surface area contributed by atoms with Gasteiger partial charge in [0.25, 0.3) is 0 Å². The van der Waals surface area contributed by atoms with E-state index in [0.717, 1.165) is 25.2 Å². The summed E-state index contributed by atoms with van der Waals surface area (Å²) in [6.45, 7) is 8.53. The van der Waals surface area contributed by atoms with Crippen LogP contribution in [0.5, 0.6) is 0 Å². The first-order valence-corrected chi connectivity index (χ1v) is 10.6. The molecule has 0 saturated carbocycles. The summed E-state index contributed by atoms with van der Waals surface area (Å²) >= 11 is 0. The van der Waals surface area contributed by atoms with Gasteiger partial charge in [-0.15, -0.1) is 0 Å². The molecule has 0 atom stereocenters. The molecular weight excluding hydrogens is 338 g/mol. The van der Waals surface area contributed by atoms with Crippen LogP contribution in [0.3, 0.4) is 0 Å². The summed E-state index contributed by atoms with van der Waals surface area (Å²) in [5.74, 6) is 0.135. The van der Waals surface area contributed by atoms with Gasteiger partial charge in [0, 0.05) is 39.1 Å². The Balaban J connectivity index is 1.83. The van der Waals surface area contributed by atoms with E-state index in [4.69, 9.17) is 0 Å². The zero-order valence-corrected chi connectivity index (χ0v) is 16.0. The molecule has 1 fully saturated rings. The largest absolute Gasteiger partial charge is 0.340 e. The Bertz CT molecular complexity index is 637.